The van der Waals surface area contributed by atoms with Crippen LogP contribution < -0.4 is 4.74 Å². The number of thioether (sulfide) groups is 1. The van der Waals surface area contributed by atoms with Gasteiger partial charge in [0.25, 0.3) is 0 Å². The predicted octanol–water partition coefficient (Wildman–Crippen LogP) is 4.77. The van der Waals surface area contributed by atoms with Crippen LogP contribution in [-0.4, -0.2) is 10.9 Å². The molecule has 0 radical (unpaired) electrons. The van der Waals surface area contributed by atoms with Gasteiger partial charge in [-0.2, -0.15) is 0 Å². The van der Waals surface area contributed by atoms with Crippen molar-refractivity contribution in [1.29, 1.82) is 0 Å². The molecule has 3 heteroatoms. The first-order valence-corrected chi connectivity index (χ1v) is 7.35. The molecule has 0 atom stereocenters. The molecule has 2 rings (SSSR count). The van der Waals surface area contributed by atoms with Gasteiger partial charge in [0.2, 0.25) is 0 Å². The minimum Gasteiger partial charge on any atom is -0.457 e. The number of rotatable bonds is 5. The van der Waals surface area contributed by atoms with Gasteiger partial charge in [-0.1, -0.05) is 54.2 Å². The van der Waals surface area contributed by atoms with Crippen LogP contribution in [0.1, 0.15) is 12.5 Å². The van der Waals surface area contributed by atoms with E-state index in [-0.39, 0.29) is 5.12 Å². The molecule has 0 saturated heterocycles. The lowest BCUT2D eigenvalue weighted by Gasteiger charge is -2.05. The second-order valence-corrected chi connectivity index (χ2v) is 5.39. The molecule has 2 aromatic carbocycles. The fourth-order valence-electron chi connectivity index (χ4n) is 1.66. The highest BCUT2D eigenvalue weighted by Gasteiger charge is 1.97. The Morgan fingerprint density at radius 2 is 1.85 bits per heavy atom. The Bertz CT molecular complexity index is 591. The molecule has 2 nitrogen and oxygen atoms in total. The second-order valence-electron chi connectivity index (χ2n) is 4.19. The van der Waals surface area contributed by atoms with Crippen LogP contribution in [0.2, 0.25) is 0 Å². The molecule has 0 bridgehead atoms. The summed E-state index contributed by atoms with van der Waals surface area (Å²) in [5.74, 6) is 2.32. The minimum atomic E-state index is 0.135. The third-order valence-corrected chi connectivity index (χ3v) is 3.30. The van der Waals surface area contributed by atoms with E-state index in [0.29, 0.717) is 5.75 Å². The molecule has 0 spiro atoms. The number of hydrogen-bond acceptors (Lipinski definition) is 3. The summed E-state index contributed by atoms with van der Waals surface area (Å²) in [5.41, 5.74) is 1.06. The average molecular weight is 284 g/mol. The summed E-state index contributed by atoms with van der Waals surface area (Å²) < 4.78 is 5.77. The van der Waals surface area contributed by atoms with Crippen LogP contribution in [0.4, 0.5) is 0 Å². The van der Waals surface area contributed by atoms with Gasteiger partial charge in [-0.05, 0) is 29.8 Å². The third-order valence-electron chi connectivity index (χ3n) is 2.53. The Balaban J connectivity index is 1.99. The van der Waals surface area contributed by atoms with E-state index in [2.05, 4.69) is 0 Å². The van der Waals surface area contributed by atoms with Gasteiger partial charge >= 0.3 is 0 Å². The van der Waals surface area contributed by atoms with Crippen LogP contribution in [-0.2, 0) is 4.79 Å². The molecule has 0 heterocycles. The SMILES string of the molecule is CC(=O)SCC=Cc1cccc(Oc2ccccc2)c1. The molecule has 0 aliphatic heterocycles. The van der Waals surface area contributed by atoms with Crippen LogP contribution in [0.25, 0.3) is 6.08 Å². The highest BCUT2D eigenvalue weighted by Crippen LogP contribution is 2.22. The summed E-state index contributed by atoms with van der Waals surface area (Å²) >= 11 is 1.30. The first-order valence-electron chi connectivity index (χ1n) is 6.37. The first-order chi connectivity index (χ1) is 9.74. The average Bonchev–Trinajstić information content (AvgIpc) is 2.45. The zero-order valence-corrected chi connectivity index (χ0v) is 12.1. The summed E-state index contributed by atoms with van der Waals surface area (Å²) in [5, 5.41) is 0.135. The number of carbonyl (C=O) groups is 1. The van der Waals surface area contributed by atoms with Crippen molar-refractivity contribution in [2.75, 3.05) is 5.75 Å². The smallest absolute Gasteiger partial charge is 0.186 e. The maximum absolute atomic E-state index is 10.8. The van der Waals surface area contributed by atoms with Crippen molar-refractivity contribution in [1.82, 2.24) is 0 Å². The van der Waals surface area contributed by atoms with Crippen molar-refractivity contribution >= 4 is 23.0 Å². The lowest BCUT2D eigenvalue weighted by Crippen LogP contribution is -1.84. The van der Waals surface area contributed by atoms with Gasteiger partial charge in [0.15, 0.2) is 5.12 Å². The lowest BCUT2D eigenvalue weighted by molar-refractivity contribution is -0.109. The van der Waals surface area contributed by atoms with E-state index in [0.717, 1.165) is 17.1 Å². The molecule has 2 aromatic rings. The van der Waals surface area contributed by atoms with Crippen molar-refractivity contribution in [2.24, 2.45) is 0 Å². The summed E-state index contributed by atoms with van der Waals surface area (Å²) in [6.07, 6.45) is 3.97. The molecule has 0 amide bonds. The third kappa shape index (κ3) is 4.94. The van der Waals surface area contributed by atoms with E-state index in [9.17, 15) is 4.79 Å². The zero-order valence-electron chi connectivity index (χ0n) is 11.3. The Morgan fingerprint density at radius 1 is 1.10 bits per heavy atom. The van der Waals surface area contributed by atoms with Crippen LogP contribution in [0.3, 0.4) is 0 Å². The van der Waals surface area contributed by atoms with Gasteiger partial charge in [-0.3, -0.25) is 4.79 Å². The Labute approximate surface area is 123 Å². The van der Waals surface area contributed by atoms with E-state index in [1.54, 1.807) is 6.92 Å². The molecule has 0 aromatic heterocycles. The Morgan fingerprint density at radius 3 is 2.60 bits per heavy atom. The van der Waals surface area contributed by atoms with E-state index in [1.807, 2.05) is 66.7 Å². The molecular formula is C17H16O2S. The summed E-state index contributed by atoms with van der Waals surface area (Å²) in [7, 11) is 0. The molecule has 0 fully saturated rings. The predicted molar refractivity (Wildman–Crippen MR) is 85.1 cm³/mol. The van der Waals surface area contributed by atoms with Crippen molar-refractivity contribution in [3.63, 3.8) is 0 Å². The van der Waals surface area contributed by atoms with E-state index < -0.39 is 0 Å². The van der Waals surface area contributed by atoms with E-state index >= 15 is 0 Å². The maximum atomic E-state index is 10.8. The fourth-order valence-corrected chi connectivity index (χ4v) is 2.08. The molecule has 0 unspecified atom stereocenters. The zero-order chi connectivity index (χ0) is 14.2. The van der Waals surface area contributed by atoms with Gasteiger partial charge in [-0.15, -0.1) is 0 Å². The highest BCUT2D eigenvalue weighted by atomic mass is 32.2. The van der Waals surface area contributed by atoms with Crippen molar-refractivity contribution in [3.05, 3.63) is 66.2 Å². The standard InChI is InChI=1S/C17H16O2S/c1-14(18)20-12-6-8-15-7-5-11-17(13-15)19-16-9-3-2-4-10-16/h2-11,13H,12H2,1H3. The largest absolute Gasteiger partial charge is 0.457 e. The normalized spacial score (nSPS) is 10.7. The van der Waals surface area contributed by atoms with Gasteiger partial charge < -0.3 is 4.74 Å². The molecule has 102 valence electrons. The molecule has 20 heavy (non-hydrogen) atoms. The Hall–Kier alpha value is -2.00. The molecule has 0 aliphatic rings. The number of hydrogen-bond donors (Lipinski definition) is 0. The summed E-state index contributed by atoms with van der Waals surface area (Å²) in [6.45, 7) is 1.58. The van der Waals surface area contributed by atoms with Gasteiger partial charge in [0.05, 0.1) is 0 Å². The number of ether oxygens (including phenoxy) is 1. The first kappa shape index (κ1) is 14.4. The van der Waals surface area contributed by atoms with E-state index in [4.69, 9.17) is 4.74 Å². The van der Waals surface area contributed by atoms with Crippen LogP contribution in [0.5, 0.6) is 11.5 Å². The number of benzene rings is 2. The van der Waals surface area contributed by atoms with Crippen LogP contribution in [0.15, 0.2) is 60.7 Å². The quantitative estimate of drug-likeness (QED) is 0.791. The van der Waals surface area contributed by atoms with Crippen molar-refractivity contribution in [3.8, 4) is 11.5 Å². The van der Waals surface area contributed by atoms with Gasteiger partial charge in [0.1, 0.15) is 11.5 Å². The maximum Gasteiger partial charge on any atom is 0.186 e. The topological polar surface area (TPSA) is 26.3 Å². The summed E-state index contributed by atoms with van der Waals surface area (Å²) in [4.78, 5) is 10.8. The van der Waals surface area contributed by atoms with Crippen LogP contribution in [0, 0.1) is 0 Å². The second kappa shape index (κ2) is 7.56. The molecule has 0 aliphatic carbocycles. The number of carbonyl (C=O) groups excluding carboxylic acids is 1. The minimum absolute atomic E-state index is 0.135. The van der Waals surface area contributed by atoms with Crippen LogP contribution >= 0.6 is 11.8 Å². The molecule has 0 saturated carbocycles. The van der Waals surface area contributed by atoms with Crippen molar-refractivity contribution in [2.45, 2.75) is 6.92 Å². The molecule has 0 N–H and O–H groups in total. The monoisotopic (exact) mass is 284 g/mol. The summed E-state index contributed by atoms with van der Waals surface area (Å²) in [6, 6.07) is 17.5. The van der Waals surface area contributed by atoms with Gasteiger partial charge in [-0.25, -0.2) is 0 Å². The lowest BCUT2D eigenvalue weighted by atomic mass is 10.2. The fraction of sp³-hybridized carbons (Fsp3) is 0.118. The number of para-hydroxylation sites is 1. The Kier molecular flexibility index (Phi) is 5.44. The van der Waals surface area contributed by atoms with Gasteiger partial charge in [0, 0.05) is 12.7 Å². The van der Waals surface area contributed by atoms with Crippen molar-refractivity contribution < 1.29 is 9.53 Å². The highest BCUT2D eigenvalue weighted by molar-refractivity contribution is 8.13. The molecular weight excluding hydrogens is 268 g/mol. The van der Waals surface area contributed by atoms with E-state index in [1.165, 1.54) is 11.8 Å².